The Hall–Kier alpha value is -4.17. The van der Waals surface area contributed by atoms with Crippen LogP contribution in [0, 0.1) is 0 Å². The summed E-state index contributed by atoms with van der Waals surface area (Å²) in [6.07, 6.45) is -0.354. The first-order chi connectivity index (χ1) is 19.6. The molecule has 8 heteroatoms. The number of nitrogens with one attached hydrogen (secondary N) is 2. The van der Waals surface area contributed by atoms with Gasteiger partial charge in [-0.25, -0.2) is 4.79 Å². The average Bonchev–Trinajstić information content (AvgIpc) is 2.94. The average molecular weight is 571 g/mol. The zero-order valence-electron chi connectivity index (χ0n) is 23.8. The van der Waals surface area contributed by atoms with Gasteiger partial charge in [-0.1, -0.05) is 72.4 Å². The Morgan fingerprint density at radius 3 is 2.22 bits per heavy atom. The van der Waals surface area contributed by atoms with Gasteiger partial charge in [0.05, 0.1) is 0 Å². The highest BCUT2D eigenvalue weighted by Gasteiger charge is 2.25. The fourth-order valence-corrected chi connectivity index (χ4v) is 5.46. The summed E-state index contributed by atoms with van der Waals surface area (Å²) in [6.45, 7) is 4.95. The van der Waals surface area contributed by atoms with Crippen LogP contribution < -0.4 is 15.2 Å². The minimum Gasteiger partial charge on any atom is -0.444 e. The van der Waals surface area contributed by atoms with E-state index in [1.54, 1.807) is 20.8 Å². The number of aryl methyl sites for hydroxylation is 1. The standard InChI is InChI=1S/C33H35N3O4S/c1-33(2,3)40-32(39)34-21-29(37)35-27(19-23-13-7-5-8-14-23)31(38)41-22-26-20-25-17-11-12-18-28(25)36(4)30(26)24-15-9-6-10-16-24/h5-18,20,27H,19,21-22H2,1-4H3,(H-,34,35,37,39)/p+1/t27-/m1/s1. The third-order valence-corrected chi connectivity index (χ3v) is 7.40. The molecule has 0 aliphatic carbocycles. The van der Waals surface area contributed by atoms with Gasteiger partial charge in [0, 0.05) is 34.8 Å². The van der Waals surface area contributed by atoms with E-state index in [0.717, 1.165) is 33.3 Å². The number of hydrogen-bond acceptors (Lipinski definition) is 5. The normalized spacial score (nSPS) is 12.0. The third kappa shape index (κ3) is 8.41. The van der Waals surface area contributed by atoms with E-state index in [0.29, 0.717) is 12.2 Å². The third-order valence-electron chi connectivity index (χ3n) is 6.38. The van der Waals surface area contributed by atoms with Crippen molar-refractivity contribution in [3.05, 3.63) is 102 Å². The number of amides is 2. The van der Waals surface area contributed by atoms with Crippen molar-refractivity contribution in [2.75, 3.05) is 6.54 Å². The first-order valence-corrected chi connectivity index (χ1v) is 14.5. The Kier molecular flexibility index (Phi) is 9.78. The van der Waals surface area contributed by atoms with Gasteiger partial charge in [0.25, 0.3) is 0 Å². The van der Waals surface area contributed by atoms with Crippen molar-refractivity contribution < 1.29 is 23.7 Å². The lowest BCUT2D eigenvalue weighted by atomic mass is 10.0. The molecule has 4 rings (SSSR count). The SMILES string of the molecule is C[n+]1c(-c2ccccc2)c(CSC(=O)[C@@H](Cc2ccccc2)NC(=O)CNC(=O)OC(C)(C)C)cc2ccccc21. The van der Waals surface area contributed by atoms with Gasteiger partial charge in [0.15, 0.2) is 0 Å². The molecule has 3 aromatic carbocycles. The molecule has 2 amide bonds. The maximum atomic E-state index is 13.6. The second kappa shape index (κ2) is 13.5. The van der Waals surface area contributed by atoms with Crippen LogP contribution in [0.5, 0.6) is 0 Å². The second-order valence-electron chi connectivity index (χ2n) is 10.8. The fourth-order valence-electron chi connectivity index (χ4n) is 4.60. The quantitative estimate of drug-likeness (QED) is 0.265. The summed E-state index contributed by atoms with van der Waals surface area (Å²) in [5.74, 6) is -0.0354. The summed E-state index contributed by atoms with van der Waals surface area (Å²) in [5.41, 5.74) is 4.46. The number of ether oxygens (including phenoxy) is 1. The molecule has 0 bridgehead atoms. The zero-order valence-corrected chi connectivity index (χ0v) is 24.7. The highest BCUT2D eigenvalue weighted by atomic mass is 32.2. The van der Waals surface area contributed by atoms with Gasteiger partial charge in [-0.3, -0.25) is 9.59 Å². The molecule has 0 fully saturated rings. The molecule has 1 heterocycles. The van der Waals surface area contributed by atoms with Crippen molar-refractivity contribution in [1.29, 1.82) is 0 Å². The number of carbonyl (C=O) groups excluding carboxylic acids is 3. The molecule has 0 aliphatic rings. The van der Waals surface area contributed by atoms with Crippen molar-refractivity contribution in [3.63, 3.8) is 0 Å². The van der Waals surface area contributed by atoms with Crippen molar-refractivity contribution in [3.8, 4) is 11.3 Å². The van der Waals surface area contributed by atoms with Gasteiger partial charge in [-0.15, -0.1) is 0 Å². The Labute approximate surface area is 245 Å². The number of alkyl carbamates (subject to hydrolysis) is 1. The van der Waals surface area contributed by atoms with Crippen LogP contribution in [0.4, 0.5) is 4.79 Å². The maximum absolute atomic E-state index is 13.6. The Bertz CT molecular complexity index is 1520. The first-order valence-electron chi connectivity index (χ1n) is 13.5. The number of para-hydroxylation sites is 1. The van der Waals surface area contributed by atoms with E-state index < -0.39 is 23.6 Å². The summed E-state index contributed by atoms with van der Waals surface area (Å²) < 4.78 is 7.37. The number of benzene rings is 3. The smallest absolute Gasteiger partial charge is 0.408 e. The van der Waals surface area contributed by atoms with Crippen LogP contribution in [0.1, 0.15) is 31.9 Å². The number of nitrogens with zero attached hydrogens (tertiary/aromatic N) is 1. The Balaban J connectivity index is 1.53. The summed E-state index contributed by atoms with van der Waals surface area (Å²) in [6, 6.07) is 29.2. The fraction of sp³-hybridized carbons (Fsp3) is 0.273. The van der Waals surface area contributed by atoms with E-state index in [4.69, 9.17) is 4.74 Å². The van der Waals surface area contributed by atoms with Crippen LogP contribution in [0.25, 0.3) is 22.2 Å². The number of hydrogen-bond donors (Lipinski definition) is 2. The number of aromatic nitrogens is 1. The van der Waals surface area contributed by atoms with Crippen LogP contribution in [0.15, 0.2) is 91.0 Å². The molecule has 1 atom stereocenters. The molecule has 0 aliphatic heterocycles. The predicted octanol–water partition coefficient (Wildman–Crippen LogP) is 5.34. The minimum atomic E-state index is -0.773. The first kappa shape index (κ1) is 29.8. The monoisotopic (exact) mass is 570 g/mol. The van der Waals surface area contributed by atoms with Crippen molar-refractivity contribution >= 4 is 39.8 Å². The largest absolute Gasteiger partial charge is 0.444 e. The van der Waals surface area contributed by atoms with Gasteiger partial charge in [-0.05, 0) is 50.6 Å². The molecule has 2 N–H and O–H groups in total. The Morgan fingerprint density at radius 2 is 1.54 bits per heavy atom. The zero-order chi connectivity index (χ0) is 29.4. The number of rotatable bonds is 9. The molecule has 41 heavy (non-hydrogen) atoms. The van der Waals surface area contributed by atoms with Crippen LogP contribution in [-0.4, -0.2) is 35.3 Å². The van der Waals surface area contributed by atoms with Crippen LogP contribution in [-0.2, 0) is 33.5 Å². The molecule has 7 nitrogen and oxygen atoms in total. The van der Waals surface area contributed by atoms with Crippen molar-refractivity contribution in [2.24, 2.45) is 7.05 Å². The molecule has 4 aromatic rings. The highest BCUT2D eigenvalue weighted by molar-refractivity contribution is 8.13. The van der Waals surface area contributed by atoms with Gasteiger partial charge >= 0.3 is 6.09 Å². The number of carbonyl (C=O) groups is 3. The molecule has 0 unspecified atom stereocenters. The second-order valence-corrected chi connectivity index (χ2v) is 11.8. The van der Waals surface area contributed by atoms with E-state index >= 15 is 0 Å². The van der Waals surface area contributed by atoms with Gasteiger partial charge in [0.2, 0.25) is 22.2 Å². The predicted molar refractivity (Wildman–Crippen MR) is 163 cm³/mol. The molecule has 0 saturated carbocycles. The van der Waals surface area contributed by atoms with Gasteiger partial charge in [-0.2, -0.15) is 4.57 Å². The van der Waals surface area contributed by atoms with Gasteiger partial charge < -0.3 is 15.4 Å². The highest BCUT2D eigenvalue weighted by Crippen LogP contribution is 2.28. The van der Waals surface area contributed by atoms with E-state index in [-0.39, 0.29) is 11.7 Å². The number of fused-ring (bicyclic) bond motifs is 1. The topological polar surface area (TPSA) is 88.4 Å². The summed E-state index contributed by atoms with van der Waals surface area (Å²) in [4.78, 5) is 38.4. The molecule has 212 valence electrons. The van der Waals surface area contributed by atoms with Crippen LogP contribution >= 0.6 is 11.8 Å². The van der Waals surface area contributed by atoms with Crippen molar-refractivity contribution in [1.82, 2.24) is 10.6 Å². The Morgan fingerprint density at radius 1 is 0.902 bits per heavy atom. The molecule has 0 spiro atoms. The van der Waals surface area contributed by atoms with Gasteiger partial charge in [0.1, 0.15) is 25.2 Å². The maximum Gasteiger partial charge on any atom is 0.408 e. The summed E-state index contributed by atoms with van der Waals surface area (Å²) >= 11 is 1.18. The molecular weight excluding hydrogens is 534 g/mol. The summed E-state index contributed by atoms with van der Waals surface area (Å²) in [7, 11) is 2.04. The van der Waals surface area contributed by atoms with E-state index in [1.807, 2.05) is 67.7 Å². The lowest BCUT2D eigenvalue weighted by Crippen LogP contribution is -2.46. The van der Waals surface area contributed by atoms with Crippen LogP contribution in [0.3, 0.4) is 0 Å². The number of pyridine rings is 1. The van der Waals surface area contributed by atoms with E-state index in [1.165, 1.54) is 11.8 Å². The lowest BCUT2D eigenvalue weighted by molar-refractivity contribution is -0.633. The van der Waals surface area contributed by atoms with E-state index in [9.17, 15) is 14.4 Å². The minimum absolute atomic E-state index is 0.158. The molecule has 0 radical (unpaired) electrons. The van der Waals surface area contributed by atoms with Crippen molar-refractivity contribution in [2.45, 2.75) is 44.6 Å². The van der Waals surface area contributed by atoms with E-state index in [2.05, 4.69) is 45.5 Å². The summed E-state index contributed by atoms with van der Waals surface area (Å²) in [5, 5.41) is 6.21. The van der Waals surface area contributed by atoms with Crippen LogP contribution in [0.2, 0.25) is 0 Å². The number of thioether (sulfide) groups is 1. The lowest BCUT2D eigenvalue weighted by Gasteiger charge is -2.20. The molecule has 0 saturated heterocycles. The molecule has 1 aromatic heterocycles. The molecular formula is C33H36N3O4S+.